The molecule has 20 heavy (non-hydrogen) atoms. The molecule has 0 unspecified atom stereocenters. The molecule has 0 spiro atoms. The molecule has 0 saturated carbocycles. The summed E-state index contributed by atoms with van der Waals surface area (Å²) in [6, 6.07) is 2.31. The molecule has 6 nitrogen and oxygen atoms in total. The van der Waals surface area contributed by atoms with Gasteiger partial charge in [-0.2, -0.15) is 0 Å². The maximum absolute atomic E-state index is 11.0. The number of nitro benzene ring substituents is 1. The Kier molecular flexibility index (Phi) is 4.83. The van der Waals surface area contributed by atoms with Crippen LogP contribution in [0.3, 0.4) is 0 Å². The number of carboxylic acids is 1. The maximum atomic E-state index is 11.0. The Hall–Kier alpha value is -1.53. The standard InChI is InChI=1S/C12H14Cl2N2O4/c1-12(2,3)15(6-10(17)18)11-8(13)4-7(16(19)20)5-9(11)14/h4-5H,6H2,1-3H3,(H,17,18). The Balaban J connectivity index is 3.41. The van der Waals surface area contributed by atoms with Crippen LogP contribution in [0.15, 0.2) is 12.1 Å². The molecule has 0 amide bonds. The first kappa shape index (κ1) is 16.5. The van der Waals surface area contributed by atoms with E-state index < -0.39 is 16.4 Å². The van der Waals surface area contributed by atoms with E-state index in [0.29, 0.717) is 0 Å². The Morgan fingerprint density at radius 1 is 1.35 bits per heavy atom. The number of hydrogen-bond acceptors (Lipinski definition) is 4. The van der Waals surface area contributed by atoms with E-state index in [1.807, 2.05) is 0 Å². The smallest absolute Gasteiger partial charge is 0.323 e. The van der Waals surface area contributed by atoms with Gasteiger partial charge in [-0.15, -0.1) is 0 Å². The quantitative estimate of drug-likeness (QED) is 0.677. The van der Waals surface area contributed by atoms with Gasteiger partial charge in [-0.3, -0.25) is 14.9 Å². The molecule has 0 heterocycles. The third kappa shape index (κ3) is 3.74. The van der Waals surface area contributed by atoms with Gasteiger partial charge < -0.3 is 10.0 Å². The van der Waals surface area contributed by atoms with E-state index in [0.717, 1.165) is 12.1 Å². The summed E-state index contributed by atoms with van der Waals surface area (Å²) in [5, 5.41) is 19.8. The van der Waals surface area contributed by atoms with Gasteiger partial charge in [0.05, 0.1) is 20.7 Å². The molecule has 1 rings (SSSR count). The second-order valence-electron chi connectivity index (χ2n) is 5.17. The number of nitro groups is 1. The average molecular weight is 321 g/mol. The van der Waals surface area contributed by atoms with E-state index in [2.05, 4.69) is 0 Å². The zero-order chi connectivity index (χ0) is 15.7. The van der Waals surface area contributed by atoms with Crippen LogP contribution in [0.2, 0.25) is 10.0 Å². The fraction of sp³-hybridized carbons (Fsp3) is 0.417. The Labute approximate surface area is 126 Å². The number of aliphatic carboxylic acids is 1. The van der Waals surface area contributed by atoms with E-state index in [1.165, 1.54) is 4.90 Å². The number of rotatable bonds is 4. The molecule has 0 bridgehead atoms. The minimum Gasteiger partial charge on any atom is -0.480 e. The molecular formula is C12H14Cl2N2O4. The van der Waals surface area contributed by atoms with E-state index in [-0.39, 0.29) is 28.0 Å². The molecule has 1 N–H and O–H groups in total. The minimum atomic E-state index is -1.05. The third-order valence-electron chi connectivity index (χ3n) is 2.59. The van der Waals surface area contributed by atoms with Crippen molar-refractivity contribution in [1.82, 2.24) is 0 Å². The van der Waals surface area contributed by atoms with E-state index in [9.17, 15) is 14.9 Å². The van der Waals surface area contributed by atoms with Gasteiger partial charge in [-0.05, 0) is 20.8 Å². The fourth-order valence-electron chi connectivity index (χ4n) is 1.70. The van der Waals surface area contributed by atoms with Gasteiger partial charge in [0.1, 0.15) is 6.54 Å². The van der Waals surface area contributed by atoms with Crippen molar-refractivity contribution in [1.29, 1.82) is 0 Å². The van der Waals surface area contributed by atoms with E-state index >= 15 is 0 Å². The first-order chi connectivity index (χ1) is 9.04. The topological polar surface area (TPSA) is 83.7 Å². The molecule has 0 atom stereocenters. The first-order valence-electron chi connectivity index (χ1n) is 5.67. The predicted molar refractivity (Wildman–Crippen MR) is 77.9 cm³/mol. The van der Waals surface area contributed by atoms with Crippen molar-refractivity contribution in [3.8, 4) is 0 Å². The highest BCUT2D eigenvalue weighted by atomic mass is 35.5. The summed E-state index contributed by atoms with van der Waals surface area (Å²) >= 11 is 12.1. The zero-order valence-electron chi connectivity index (χ0n) is 11.2. The van der Waals surface area contributed by atoms with Crippen molar-refractivity contribution in [2.24, 2.45) is 0 Å². The molecule has 110 valence electrons. The van der Waals surface area contributed by atoms with Gasteiger partial charge >= 0.3 is 5.97 Å². The number of nitrogens with zero attached hydrogens (tertiary/aromatic N) is 2. The summed E-state index contributed by atoms with van der Waals surface area (Å²) < 4.78 is 0. The van der Waals surface area contributed by atoms with Crippen LogP contribution in [0.5, 0.6) is 0 Å². The lowest BCUT2D eigenvalue weighted by Crippen LogP contribution is -2.45. The Bertz CT molecular complexity index is 532. The van der Waals surface area contributed by atoms with Crippen LogP contribution in [-0.2, 0) is 4.79 Å². The largest absolute Gasteiger partial charge is 0.480 e. The summed E-state index contributed by atoms with van der Waals surface area (Å²) in [4.78, 5) is 22.6. The van der Waals surface area contributed by atoms with Crippen LogP contribution in [-0.4, -0.2) is 28.1 Å². The molecule has 0 aliphatic rings. The molecule has 0 aromatic heterocycles. The van der Waals surface area contributed by atoms with Gasteiger partial charge in [0.25, 0.3) is 5.69 Å². The highest BCUT2D eigenvalue weighted by Crippen LogP contribution is 2.40. The zero-order valence-corrected chi connectivity index (χ0v) is 12.7. The minimum absolute atomic E-state index is 0.0420. The van der Waals surface area contributed by atoms with Gasteiger partial charge in [0.15, 0.2) is 0 Å². The van der Waals surface area contributed by atoms with Crippen molar-refractivity contribution in [2.75, 3.05) is 11.4 Å². The number of anilines is 1. The molecule has 1 aromatic carbocycles. The van der Waals surface area contributed by atoms with Crippen LogP contribution in [0.1, 0.15) is 20.8 Å². The second-order valence-corrected chi connectivity index (χ2v) is 5.98. The van der Waals surface area contributed by atoms with Gasteiger partial charge in [-0.1, -0.05) is 23.2 Å². The lowest BCUT2D eigenvalue weighted by Gasteiger charge is -2.37. The van der Waals surface area contributed by atoms with Crippen LogP contribution in [0.4, 0.5) is 11.4 Å². The van der Waals surface area contributed by atoms with Crippen LogP contribution in [0.25, 0.3) is 0 Å². The summed E-state index contributed by atoms with van der Waals surface area (Å²) in [6.07, 6.45) is 0. The Morgan fingerprint density at radius 3 is 2.10 bits per heavy atom. The number of benzene rings is 1. The molecular weight excluding hydrogens is 307 g/mol. The second kappa shape index (κ2) is 5.85. The monoisotopic (exact) mass is 320 g/mol. The first-order valence-corrected chi connectivity index (χ1v) is 6.42. The van der Waals surface area contributed by atoms with Crippen LogP contribution in [0, 0.1) is 10.1 Å². The number of carboxylic acid groups (broad SMARTS) is 1. The molecule has 0 radical (unpaired) electrons. The van der Waals surface area contributed by atoms with Gasteiger partial charge in [-0.25, -0.2) is 0 Å². The summed E-state index contributed by atoms with van der Waals surface area (Å²) in [7, 11) is 0. The average Bonchev–Trinajstić information content (AvgIpc) is 2.24. The summed E-state index contributed by atoms with van der Waals surface area (Å²) in [5.41, 5.74) is -0.538. The summed E-state index contributed by atoms with van der Waals surface area (Å²) in [5.74, 6) is -1.05. The van der Waals surface area contributed by atoms with E-state index in [4.69, 9.17) is 28.3 Å². The van der Waals surface area contributed by atoms with Crippen molar-refractivity contribution in [3.05, 3.63) is 32.3 Å². The molecule has 0 saturated heterocycles. The lowest BCUT2D eigenvalue weighted by atomic mass is 10.0. The number of hydrogen-bond donors (Lipinski definition) is 1. The van der Waals surface area contributed by atoms with Crippen molar-refractivity contribution < 1.29 is 14.8 Å². The molecule has 8 heteroatoms. The molecule has 1 aromatic rings. The van der Waals surface area contributed by atoms with Gasteiger partial charge in [0, 0.05) is 17.7 Å². The number of halogens is 2. The normalized spacial score (nSPS) is 11.2. The predicted octanol–water partition coefficient (Wildman–Crippen LogP) is 3.59. The van der Waals surface area contributed by atoms with Crippen LogP contribution >= 0.6 is 23.2 Å². The van der Waals surface area contributed by atoms with Crippen molar-refractivity contribution >= 4 is 40.5 Å². The van der Waals surface area contributed by atoms with Crippen molar-refractivity contribution in [3.63, 3.8) is 0 Å². The van der Waals surface area contributed by atoms with Crippen molar-refractivity contribution in [2.45, 2.75) is 26.3 Å². The maximum Gasteiger partial charge on any atom is 0.323 e. The highest BCUT2D eigenvalue weighted by Gasteiger charge is 2.29. The fourth-order valence-corrected chi connectivity index (χ4v) is 2.38. The molecule has 0 aliphatic carbocycles. The van der Waals surface area contributed by atoms with E-state index in [1.54, 1.807) is 20.8 Å². The number of carbonyl (C=O) groups is 1. The third-order valence-corrected chi connectivity index (χ3v) is 3.16. The summed E-state index contributed by atoms with van der Waals surface area (Å²) in [6.45, 7) is 5.07. The lowest BCUT2D eigenvalue weighted by molar-refractivity contribution is -0.384. The SMILES string of the molecule is CC(C)(C)N(CC(=O)O)c1c(Cl)cc([N+](=O)[O-])cc1Cl. The van der Waals surface area contributed by atoms with Gasteiger partial charge in [0.2, 0.25) is 0 Å². The molecule has 0 aliphatic heterocycles. The highest BCUT2D eigenvalue weighted by molar-refractivity contribution is 6.39. The van der Waals surface area contributed by atoms with Crippen LogP contribution < -0.4 is 4.90 Å². The Morgan fingerprint density at radius 2 is 1.80 bits per heavy atom. The molecule has 0 fully saturated rings. The number of non-ortho nitro benzene ring substituents is 1.